The summed E-state index contributed by atoms with van der Waals surface area (Å²) in [5, 5.41) is 3.47. The zero-order valence-corrected chi connectivity index (χ0v) is 13.2. The molecule has 0 radical (unpaired) electrons. The fourth-order valence-corrected chi connectivity index (χ4v) is 2.61. The molecule has 1 unspecified atom stereocenters. The molecule has 2 aromatic rings. The Morgan fingerprint density at radius 3 is 2.81 bits per heavy atom. The molecule has 0 aliphatic rings. The van der Waals surface area contributed by atoms with Crippen molar-refractivity contribution in [1.29, 1.82) is 0 Å². The quantitative estimate of drug-likeness (QED) is 0.844. The van der Waals surface area contributed by atoms with Crippen molar-refractivity contribution >= 4 is 40.5 Å². The first-order valence-electron chi connectivity index (χ1n) is 6.51. The summed E-state index contributed by atoms with van der Waals surface area (Å²) in [5.41, 5.74) is 6.54. The third-order valence-corrected chi connectivity index (χ3v) is 3.71. The van der Waals surface area contributed by atoms with Gasteiger partial charge in [-0.25, -0.2) is 4.98 Å². The number of nitrogen functional groups attached to an aromatic ring is 1. The van der Waals surface area contributed by atoms with Crippen molar-refractivity contribution in [3.05, 3.63) is 40.4 Å². The van der Waals surface area contributed by atoms with Crippen LogP contribution in [0.2, 0.25) is 10.0 Å². The van der Waals surface area contributed by atoms with E-state index in [1.807, 2.05) is 11.5 Å². The molecule has 2 rings (SSSR count). The first-order chi connectivity index (χ1) is 9.93. The Labute approximate surface area is 133 Å². The van der Waals surface area contributed by atoms with Gasteiger partial charge in [0.05, 0.1) is 16.4 Å². The molecule has 0 bridgehead atoms. The van der Waals surface area contributed by atoms with E-state index in [4.69, 9.17) is 28.9 Å². The summed E-state index contributed by atoms with van der Waals surface area (Å²) < 4.78 is 1.81. The number of nitrogens with two attached hydrogens (primary N) is 1. The Kier molecular flexibility index (Phi) is 4.75. The number of halogens is 2. The SMILES string of the molecule is CCc1nccn1C(C)C(=O)Nc1c(N)cc(Cl)cc1Cl. The third-order valence-electron chi connectivity index (χ3n) is 3.20. The van der Waals surface area contributed by atoms with E-state index in [9.17, 15) is 4.79 Å². The van der Waals surface area contributed by atoms with E-state index in [0.717, 1.165) is 12.2 Å². The van der Waals surface area contributed by atoms with Crippen LogP contribution in [-0.4, -0.2) is 15.5 Å². The molecule has 0 saturated heterocycles. The number of aryl methyl sites for hydroxylation is 1. The van der Waals surface area contributed by atoms with Crippen LogP contribution in [0.1, 0.15) is 25.7 Å². The van der Waals surface area contributed by atoms with Crippen molar-refractivity contribution in [2.75, 3.05) is 11.1 Å². The first-order valence-corrected chi connectivity index (χ1v) is 7.26. The fraction of sp³-hybridized carbons (Fsp3) is 0.286. The van der Waals surface area contributed by atoms with E-state index >= 15 is 0 Å². The molecule has 1 amide bonds. The molecule has 3 N–H and O–H groups in total. The molecule has 1 aromatic heterocycles. The van der Waals surface area contributed by atoms with Crippen molar-refractivity contribution in [2.24, 2.45) is 0 Å². The summed E-state index contributed by atoms with van der Waals surface area (Å²) in [6.07, 6.45) is 4.19. The van der Waals surface area contributed by atoms with Crippen molar-refractivity contribution in [3.8, 4) is 0 Å². The molecular formula is C14H16Cl2N4O. The van der Waals surface area contributed by atoms with Crippen LogP contribution in [0, 0.1) is 0 Å². The van der Waals surface area contributed by atoms with E-state index in [-0.39, 0.29) is 5.91 Å². The summed E-state index contributed by atoms with van der Waals surface area (Å²) in [4.78, 5) is 16.6. The van der Waals surface area contributed by atoms with Gasteiger partial charge in [0.1, 0.15) is 11.9 Å². The van der Waals surface area contributed by atoms with Crippen molar-refractivity contribution in [2.45, 2.75) is 26.3 Å². The van der Waals surface area contributed by atoms with Gasteiger partial charge < -0.3 is 15.6 Å². The predicted molar refractivity (Wildman–Crippen MR) is 85.8 cm³/mol. The van der Waals surface area contributed by atoms with Crippen LogP contribution in [0.4, 0.5) is 11.4 Å². The highest BCUT2D eigenvalue weighted by atomic mass is 35.5. The van der Waals surface area contributed by atoms with E-state index in [2.05, 4.69) is 10.3 Å². The minimum Gasteiger partial charge on any atom is -0.397 e. The number of hydrogen-bond donors (Lipinski definition) is 2. The highest BCUT2D eigenvalue weighted by Crippen LogP contribution is 2.32. The van der Waals surface area contributed by atoms with Gasteiger partial charge >= 0.3 is 0 Å². The summed E-state index contributed by atoms with van der Waals surface area (Å²) in [6.45, 7) is 3.77. The van der Waals surface area contributed by atoms with Gasteiger partial charge in [-0.3, -0.25) is 4.79 Å². The molecule has 112 valence electrons. The number of carbonyl (C=O) groups excluding carboxylic acids is 1. The van der Waals surface area contributed by atoms with Crippen LogP contribution in [0.15, 0.2) is 24.5 Å². The largest absolute Gasteiger partial charge is 0.397 e. The summed E-state index contributed by atoms with van der Waals surface area (Å²) in [6, 6.07) is 2.66. The lowest BCUT2D eigenvalue weighted by Gasteiger charge is -2.17. The van der Waals surface area contributed by atoms with E-state index < -0.39 is 6.04 Å². The molecule has 1 atom stereocenters. The van der Waals surface area contributed by atoms with Crippen molar-refractivity contribution < 1.29 is 4.79 Å². The number of amides is 1. The van der Waals surface area contributed by atoms with Gasteiger partial charge in [0.2, 0.25) is 5.91 Å². The van der Waals surface area contributed by atoms with Gasteiger partial charge in [0.25, 0.3) is 0 Å². The van der Waals surface area contributed by atoms with Crippen LogP contribution < -0.4 is 11.1 Å². The highest BCUT2D eigenvalue weighted by Gasteiger charge is 2.19. The molecule has 0 saturated carbocycles. The van der Waals surface area contributed by atoms with Gasteiger partial charge in [-0.2, -0.15) is 0 Å². The standard InChI is InChI=1S/C14H16Cl2N4O/c1-3-12-18-4-5-20(12)8(2)14(21)19-13-10(16)6-9(15)7-11(13)17/h4-8H,3,17H2,1-2H3,(H,19,21). The van der Waals surface area contributed by atoms with E-state index in [1.165, 1.54) is 6.07 Å². The lowest BCUT2D eigenvalue weighted by atomic mass is 10.2. The Morgan fingerprint density at radius 2 is 2.19 bits per heavy atom. The molecule has 7 heteroatoms. The predicted octanol–water partition coefficient (Wildman–Crippen LogP) is 3.53. The smallest absolute Gasteiger partial charge is 0.247 e. The topological polar surface area (TPSA) is 72.9 Å². The fourth-order valence-electron chi connectivity index (χ4n) is 2.05. The second-order valence-corrected chi connectivity index (χ2v) is 5.46. The zero-order chi connectivity index (χ0) is 15.6. The maximum Gasteiger partial charge on any atom is 0.247 e. The lowest BCUT2D eigenvalue weighted by Crippen LogP contribution is -2.25. The Hall–Kier alpha value is -1.72. The Morgan fingerprint density at radius 1 is 1.48 bits per heavy atom. The molecule has 0 aliphatic carbocycles. The van der Waals surface area contributed by atoms with Crippen LogP contribution in [0.25, 0.3) is 0 Å². The number of nitrogens with zero attached hydrogens (tertiary/aromatic N) is 2. The number of hydrogen-bond acceptors (Lipinski definition) is 3. The first kappa shape index (κ1) is 15.7. The van der Waals surface area contributed by atoms with Crippen LogP contribution in [0.3, 0.4) is 0 Å². The summed E-state index contributed by atoms with van der Waals surface area (Å²) in [7, 11) is 0. The number of nitrogens with one attached hydrogen (secondary N) is 1. The normalized spacial score (nSPS) is 12.2. The molecule has 1 aromatic carbocycles. The van der Waals surface area contributed by atoms with Crippen LogP contribution in [-0.2, 0) is 11.2 Å². The molecule has 0 aliphatic heterocycles. The second-order valence-electron chi connectivity index (χ2n) is 4.62. The summed E-state index contributed by atoms with van der Waals surface area (Å²) in [5.74, 6) is 0.617. The average molecular weight is 327 g/mol. The lowest BCUT2D eigenvalue weighted by molar-refractivity contribution is -0.118. The molecular weight excluding hydrogens is 311 g/mol. The maximum absolute atomic E-state index is 12.4. The van der Waals surface area contributed by atoms with E-state index in [1.54, 1.807) is 25.4 Å². The van der Waals surface area contributed by atoms with Gasteiger partial charge in [0, 0.05) is 23.8 Å². The Bertz CT molecular complexity index is 646. The number of benzene rings is 1. The number of anilines is 2. The maximum atomic E-state index is 12.4. The highest BCUT2D eigenvalue weighted by molar-refractivity contribution is 6.37. The van der Waals surface area contributed by atoms with Gasteiger partial charge in [-0.05, 0) is 19.1 Å². The zero-order valence-electron chi connectivity index (χ0n) is 11.7. The molecule has 1 heterocycles. The third kappa shape index (κ3) is 3.31. The minimum absolute atomic E-state index is 0.223. The molecule has 0 spiro atoms. The summed E-state index contributed by atoms with van der Waals surface area (Å²) >= 11 is 11.9. The monoisotopic (exact) mass is 326 g/mol. The number of rotatable bonds is 4. The number of carbonyl (C=O) groups is 1. The van der Waals surface area contributed by atoms with Crippen LogP contribution >= 0.6 is 23.2 Å². The van der Waals surface area contributed by atoms with Crippen LogP contribution in [0.5, 0.6) is 0 Å². The van der Waals surface area contributed by atoms with Gasteiger partial charge in [-0.1, -0.05) is 30.1 Å². The molecule has 5 nitrogen and oxygen atoms in total. The number of aromatic nitrogens is 2. The van der Waals surface area contributed by atoms with Crippen molar-refractivity contribution in [1.82, 2.24) is 9.55 Å². The van der Waals surface area contributed by atoms with Crippen molar-refractivity contribution in [3.63, 3.8) is 0 Å². The van der Waals surface area contributed by atoms with Gasteiger partial charge in [0.15, 0.2) is 0 Å². The Balaban J connectivity index is 2.22. The second kappa shape index (κ2) is 6.37. The number of imidazole rings is 1. The average Bonchev–Trinajstić information content (AvgIpc) is 2.89. The molecule has 0 fully saturated rings. The minimum atomic E-state index is -0.423. The van der Waals surface area contributed by atoms with Gasteiger partial charge in [-0.15, -0.1) is 0 Å². The van der Waals surface area contributed by atoms with E-state index in [0.29, 0.717) is 21.4 Å². The molecule has 21 heavy (non-hydrogen) atoms.